The summed E-state index contributed by atoms with van der Waals surface area (Å²) >= 11 is 0. The van der Waals surface area contributed by atoms with E-state index in [4.69, 9.17) is 29.9 Å². The van der Waals surface area contributed by atoms with Crippen LogP contribution in [0.4, 0.5) is 0 Å². The van der Waals surface area contributed by atoms with Crippen molar-refractivity contribution in [2.24, 2.45) is 0 Å². The molecule has 0 bridgehead atoms. The van der Waals surface area contributed by atoms with Gasteiger partial charge in [0.25, 0.3) is 0 Å². The van der Waals surface area contributed by atoms with E-state index in [2.05, 4.69) is 267 Å². The number of hydrogen-bond acceptors (Lipinski definition) is 6. The highest BCUT2D eigenvalue weighted by atomic mass is 15.0. The lowest BCUT2D eigenvalue weighted by Crippen LogP contribution is -2.28. The summed E-state index contributed by atoms with van der Waals surface area (Å²) < 4.78 is 0. The number of aromatic nitrogens is 6. The van der Waals surface area contributed by atoms with Crippen LogP contribution in [0.2, 0.25) is 0 Å². The summed E-state index contributed by atoms with van der Waals surface area (Å²) in [5.41, 5.74) is 29.8. The molecule has 6 nitrogen and oxygen atoms in total. The summed E-state index contributed by atoms with van der Waals surface area (Å²) in [5.74, 6) is 3.98. The minimum atomic E-state index is 0.0708. The van der Waals surface area contributed by atoms with Crippen molar-refractivity contribution in [3.8, 4) is 146 Å². The first-order chi connectivity index (χ1) is 50.5. The highest BCUT2D eigenvalue weighted by Crippen LogP contribution is 2.60. The number of nitrogens with zero attached hydrogens (tertiary/aromatic N) is 6. The minimum absolute atomic E-state index is 0.0708. The molecule has 0 amide bonds. The molecular weight excluding hydrogens is 1240 g/mol. The summed E-state index contributed by atoms with van der Waals surface area (Å²) in [5, 5.41) is 0. The van der Waals surface area contributed by atoms with E-state index in [1.165, 1.54) is 131 Å². The molecule has 4 aliphatic carbocycles. The van der Waals surface area contributed by atoms with E-state index in [-0.39, 0.29) is 10.8 Å². The van der Waals surface area contributed by atoms with E-state index in [9.17, 15) is 0 Å². The molecular formula is C96H74N6. The summed E-state index contributed by atoms with van der Waals surface area (Å²) in [6, 6.07) is 117. The van der Waals surface area contributed by atoms with E-state index in [1.807, 2.05) is 60.7 Å². The molecule has 2 saturated carbocycles. The lowest BCUT2D eigenvalue weighted by Gasteiger charge is -2.37. The first-order valence-electron chi connectivity index (χ1n) is 36.2. The fourth-order valence-corrected chi connectivity index (χ4v) is 17.1. The normalized spacial score (nSPS) is 14.2. The second-order valence-corrected chi connectivity index (χ2v) is 27.8. The molecule has 0 saturated heterocycles. The molecule has 0 aliphatic heterocycles. The van der Waals surface area contributed by atoms with E-state index in [0.717, 1.165) is 61.2 Å². The minimum Gasteiger partial charge on any atom is -0.208 e. The number of fused-ring (bicyclic) bond motifs is 10. The number of hydrogen-bond donors (Lipinski definition) is 0. The van der Waals surface area contributed by atoms with Crippen LogP contribution in [0.3, 0.4) is 0 Å². The highest BCUT2D eigenvalue weighted by Gasteiger charge is 2.46. The monoisotopic (exact) mass is 1310 g/mol. The molecule has 15 aromatic rings. The third-order valence-corrected chi connectivity index (χ3v) is 21.9. The maximum atomic E-state index is 5.13. The molecule has 6 heteroatoms. The SMILES string of the molecule is c1ccc(-c2cccc(-c3nc(-c4ccccc4)nc(-c4ccc(-c5ccc(-c6cccc7c6C6(CCCCC6)c6ccccc6-7)cc5)cc4)n3)c2)cc1.c1ccc(-c2cccc(-c3nc(-c4ccccc4)nc(-c4cccc(-c5cccc6c5C5(CCCCC5)c5ccccc5-6)c4)n3)c2)cc1. The van der Waals surface area contributed by atoms with Crippen LogP contribution in [0.15, 0.2) is 328 Å². The van der Waals surface area contributed by atoms with Crippen LogP contribution in [-0.4, -0.2) is 29.9 Å². The summed E-state index contributed by atoms with van der Waals surface area (Å²) in [7, 11) is 0. The topological polar surface area (TPSA) is 77.3 Å². The molecule has 19 rings (SSSR count). The Balaban J connectivity index is 0.000000147. The largest absolute Gasteiger partial charge is 0.208 e. The number of rotatable bonds is 11. The summed E-state index contributed by atoms with van der Waals surface area (Å²) in [6.45, 7) is 0. The molecule has 488 valence electrons. The van der Waals surface area contributed by atoms with Gasteiger partial charge in [0.15, 0.2) is 34.9 Å². The summed E-state index contributed by atoms with van der Waals surface area (Å²) in [4.78, 5) is 30.2. The van der Waals surface area contributed by atoms with E-state index >= 15 is 0 Å². The van der Waals surface area contributed by atoms with Crippen molar-refractivity contribution in [3.63, 3.8) is 0 Å². The fraction of sp³-hybridized carbons (Fsp3) is 0.125. The Kier molecular flexibility index (Phi) is 16.4. The van der Waals surface area contributed by atoms with Crippen LogP contribution in [0.25, 0.3) is 146 Å². The second-order valence-electron chi connectivity index (χ2n) is 27.8. The molecule has 2 aromatic heterocycles. The van der Waals surface area contributed by atoms with Gasteiger partial charge in [0.05, 0.1) is 0 Å². The van der Waals surface area contributed by atoms with Gasteiger partial charge in [-0.1, -0.05) is 348 Å². The standard InChI is InChI=1S/C51H39N3.C45H35N3/c1-4-14-35(15-5-1)41-18-12-19-42(34-41)50-53-48(39-16-6-2-7-17-39)52-49(54-50)40-30-26-37(27-31-40)36-24-28-38(29-25-36)43-21-13-22-45-44-20-8-9-23-46(44)51(47(43)45)32-10-3-11-33-51;1-4-15-31(16-5-1)33-19-12-21-35(29-33)43-46-42(32-17-6-2-7-18-32)47-44(48-43)36-22-13-20-34(30-36)37-24-14-25-39-38-23-8-9-26-40(38)45(41(37)39)27-10-3-11-28-45/h1-2,4-9,12-31,34H,3,10-11,32-33H2;1-2,4-9,12-26,29-30H,3,10-11,27-28H2. The van der Waals surface area contributed by atoms with Crippen molar-refractivity contribution >= 4 is 0 Å². The van der Waals surface area contributed by atoms with E-state index in [0.29, 0.717) is 34.9 Å². The van der Waals surface area contributed by atoms with Gasteiger partial charge in [-0.3, -0.25) is 0 Å². The van der Waals surface area contributed by atoms with Gasteiger partial charge < -0.3 is 0 Å². The van der Waals surface area contributed by atoms with Gasteiger partial charge in [-0.15, -0.1) is 0 Å². The van der Waals surface area contributed by atoms with Gasteiger partial charge in [-0.2, -0.15) is 0 Å². The molecule has 2 heterocycles. The molecule has 102 heavy (non-hydrogen) atoms. The van der Waals surface area contributed by atoms with Crippen molar-refractivity contribution < 1.29 is 0 Å². The number of benzene rings is 13. The van der Waals surface area contributed by atoms with Crippen LogP contribution < -0.4 is 0 Å². The van der Waals surface area contributed by atoms with Crippen molar-refractivity contribution in [1.29, 1.82) is 0 Å². The van der Waals surface area contributed by atoms with Gasteiger partial charge in [-0.05, 0) is 144 Å². The zero-order chi connectivity index (χ0) is 67.8. The molecule has 13 aromatic carbocycles. The Labute approximate surface area is 597 Å². The van der Waals surface area contributed by atoms with Crippen molar-refractivity contribution in [1.82, 2.24) is 29.9 Å². The molecule has 0 atom stereocenters. The maximum Gasteiger partial charge on any atom is 0.164 e. The van der Waals surface area contributed by atoms with Crippen molar-refractivity contribution in [2.45, 2.75) is 75.0 Å². The molecule has 0 unspecified atom stereocenters. The predicted octanol–water partition coefficient (Wildman–Crippen LogP) is 24.5. The van der Waals surface area contributed by atoms with Crippen LogP contribution in [-0.2, 0) is 10.8 Å². The Bertz CT molecular complexity index is 5560. The first-order valence-corrected chi connectivity index (χ1v) is 36.2. The fourth-order valence-electron chi connectivity index (χ4n) is 17.1. The third kappa shape index (κ3) is 11.5. The van der Waals surface area contributed by atoms with Crippen LogP contribution >= 0.6 is 0 Å². The van der Waals surface area contributed by atoms with Crippen LogP contribution in [0.5, 0.6) is 0 Å². The maximum absolute atomic E-state index is 5.13. The Hall–Kier alpha value is -12.1. The quantitative estimate of drug-likeness (QED) is 0.128. The Morgan fingerprint density at radius 1 is 0.167 bits per heavy atom. The average Bonchev–Trinajstić information content (AvgIpc) is 1.56. The lowest BCUT2D eigenvalue weighted by atomic mass is 9.66. The Morgan fingerprint density at radius 3 is 0.814 bits per heavy atom. The Morgan fingerprint density at radius 2 is 0.412 bits per heavy atom. The van der Waals surface area contributed by atoms with E-state index in [1.54, 1.807) is 5.56 Å². The molecule has 0 N–H and O–H groups in total. The average molecular weight is 1310 g/mol. The van der Waals surface area contributed by atoms with Gasteiger partial charge in [0.1, 0.15) is 0 Å². The van der Waals surface area contributed by atoms with Gasteiger partial charge in [0.2, 0.25) is 0 Å². The molecule has 0 radical (unpaired) electrons. The zero-order valence-electron chi connectivity index (χ0n) is 56.9. The molecule has 2 fully saturated rings. The van der Waals surface area contributed by atoms with Crippen molar-refractivity contribution in [2.75, 3.05) is 0 Å². The van der Waals surface area contributed by atoms with E-state index < -0.39 is 0 Å². The van der Waals surface area contributed by atoms with Gasteiger partial charge in [-0.25, -0.2) is 29.9 Å². The van der Waals surface area contributed by atoms with Gasteiger partial charge >= 0.3 is 0 Å². The van der Waals surface area contributed by atoms with Crippen LogP contribution in [0.1, 0.15) is 86.5 Å². The second kappa shape index (κ2) is 26.9. The molecule has 4 aliphatic rings. The summed E-state index contributed by atoms with van der Waals surface area (Å²) in [6.07, 6.45) is 12.6. The van der Waals surface area contributed by atoms with Crippen molar-refractivity contribution in [3.05, 3.63) is 350 Å². The molecule has 2 spiro atoms. The smallest absolute Gasteiger partial charge is 0.164 e. The first kappa shape index (κ1) is 62.2. The van der Waals surface area contributed by atoms with Crippen LogP contribution in [0, 0.1) is 0 Å². The third-order valence-electron chi connectivity index (χ3n) is 21.9. The zero-order valence-corrected chi connectivity index (χ0v) is 56.9. The lowest BCUT2D eigenvalue weighted by molar-refractivity contribution is 0.353. The highest BCUT2D eigenvalue weighted by molar-refractivity contribution is 5.91. The predicted molar refractivity (Wildman–Crippen MR) is 418 cm³/mol. The van der Waals surface area contributed by atoms with Gasteiger partial charge in [0, 0.05) is 44.2 Å².